The Labute approximate surface area is 151 Å². The Morgan fingerprint density at radius 1 is 1.08 bits per heavy atom. The summed E-state index contributed by atoms with van der Waals surface area (Å²) in [4.78, 5) is 19.2. The maximum atomic E-state index is 11.5. The lowest BCUT2D eigenvalue weighted by Gasteiger charge is -2.03. The van der Waals surface area contributed by atoms with Crippen LogP contribution in [0, 0.1) is 0 Å². The molecule has 1 N–H and O–H groups in total. The third-order valence-electron chi connectivity index (χ3n) is 4.33. The van der Waals surface area contributed by atoms with Gasteiger partial charge in [0, 0.05) is 35.1 Å². The van der Waals surface area contributed by atoms with Crippen molar-refractivity contribution in [2.75, 3.05) is 0 Å². The molecule has 26 heavy (non-hydrogen) atoms. The fourth-order valence-electron chi connectivity index (χ4n) is 2.97. The normalized spacial score (nSPS) is 11.4. The van der Waals surface area contributed by atoms with Gasteiger partial charge in [-0.05, 0) is 41.5 Å². The minimum atomic E-state index is -0.236. The van der Waals surface area contributed by atoms with Crippen molar-refractivity contribution < 1.29 is 9.53 Å². The van der Waals surface area contributed by atoms with E-state index in [1.165, 1.54) is 0 Å². The molecule has 0 atom stereocenters. The van der Waals surface area contributed by atoms with Crippen molar-refractivity contribution >= 4 is 39.9 Å². The molecule has 0 fully saturated rings. The summed E-state index contributed by atoms with van der Waals surface area (Å²) in [6.07, 6.45) is 8.27. The minimum Gasteiger partial charge on any atom is -0.427 e. The molecule has 2 heterocycles. The molecule has 0 saturated carbocycles. The third kappa shape index (κ3) is 3.09. The van der Waals surface area contributed by atoms with Crippen LogP contribution in [0.4, 0.5) is 0 Å². The zero-order chi connectivity index (χ0) is 17.9. The average Bonchev–Trinajstić information content (AvgIpc) is 3.08. The Morgan fingerprint density at radius 2 is 1.92 bits per heavy atom. The van der Waals surface area contributed by atoms with Gasteiger partial charge in [-0.25, -0.2) is 0 Å². The summed E-state index contributed by atoms with van der Waals surface area (Å²) in [5.74, 6) is 0.327. The van der Waals surface area contributed by atoms with Crippen LogP contribution >= 0.6 is 0 Å². The van der Waals surface area contributed by atoms with Crippen molar-refractivity contribution in [3.63, 3.8) is 0 Å². The number of aromatic amines is 1. The van der Waals surface area contributed by atoms with Crippen LogP contribution in [0.5, 0.6) is 5.75 Å². The summed E-state index contributed by atoms with van der Waals surface area (Å²) in [6, 6.07) is 15.7. The van der Waals surface area contributed by atoms with Gasteiger partial charge in [-0.3, -0.25) is 9.78 Å². The van der Waals surface area contributed by atoms with Gasteiger partial charge in [-0.1, -0.05) is 37.3 Å². The topological polar surface area (TPSA) is 55.0 Å². The second-order valence-electron chi connectivity index (χ2n) is 6.03. The highest BCUT2D eigenvalue weighted by atomic mass is 16.5. The van der Waals surface area contributed by atoms with Gasteiger partial charge in [-0.15, -0.1) is 0 Å². The lowest BCUT2D eigenvalue weighted by molar-refractivity contribution is -0.134. The van der Waals surface area contributed by atoms with E-state index in [4.69, 9.17) is 4.74 Å². The van der Waals surface area contributed by atoms with E-state index in [2.05, 4.69) is 28.2 Å². The highest BCUT2D eigenvalue weighted by Gasteiger charge is 2.06. The van der Waals surface area contributed by atoms with Gasteiger partial charge >= 0.3 is 5.97 Å². The molecule has 4 heteroatoms. The van der Waals surface area contributed by atoms with Crippen LogP contribution < -0.4 is 4.74 Å². The van der Waals surface area contributed by atoms with Crippen molar-refractivity contribution in [3.05, 3.63) is 72.1 Å². The third-order valence-corrected chi connectivity index (χ3v) is 4.33. The van der Waals surface area contributed by atoms with Gasteiger partial charge in [0.25, 0.3) is 0 Å². The van der Waals surface area contributed by atoms with Gasteiger partial charge in [0.1, 0.15) is 5.75 Å². The number of nitrogens with one attached hydrogen (secondary N) is 1. The van der Waals surface area contributed by atoms with Crippen LogP contribution in [0.15, 0.2) is 60.9 Å². The van der Waals surface area contributed by atoms with Crippen LogP contribution in [0.3, 0.4) is 0 Å². The summed E-state index contributed by atoms with van der Waals surface area (Å²) >= 11 is 0. The molecule has 0 bridgehead atoms. The predicted molar refractivity (Wildman–Crippen MR) is 105 cm³/mol. The number of hydrogen-bond donors (Lipinski definition) is 1. The molecule has 2 aromatic carbocycles. The molecule has 0 aliphatic rings. The lowest BCUT2D eigenvalue weighted by Crippen LogP contribution is -2.05. The Balaban J connectivity index is 1.71. The largest absolute Gasteiger partial charge is 0.427 e. The maximum Gasteiger partial charge on any atom is 0.310 e. The fourth-order valence-corrected chi connectivity index (χ4v) is 2.97. The first-order chi connectivity index (χ1) is 12.7. The van der Waals surface area contributed by atoms with Gasteiger partial charge in [-0.2, -0.15) is 0 Å². The van der Waals surface area contributed by atoms with Crippen LogP contribution in [0.2, 0.25) is 0 Å². The molecule has 0 aliphatic heterocycles. The van der Waals surface area contributed by atoms with Crippen LogP contribution in [0.25, 0.3) is 34.0 Å². The Bertz CT molecular complexity index is 1120. The second-order valence-corrected chi connectivity index (χ2v) is 6.03. The molecule has 0 radical (unpaired) electrons. The number of esters is 1. The van der Waals surface area contributed by atoms with Crippen molar-refractivity contribution in [2.24, 2.45) is 0 Å². The molecular formula is C22H18N2O2. The van der Waals surface area contributed by atoms with E-state index in [0.29, 0.717) is 12.2 Å². The number of benzene rings is 2. The molecule has 128 valence electrons. The van der Waals surface area contributed by atoms with E-state index in [1.54, 1.807) is 13.0 Å². The van der Waals surface area contributed by atoms with Crippen LogP contribution in [-0.4, -0.2) is 15.9 Å². The molecule has 4 rings (SSSR count). The number of H-pyrrole nitrogens is 1. The van der Waals surface area contributed by atoms with Crippen molar-refractivity contribution in [1.82, 2.24) is 9.97 Å². The number of fused-ring (bicyclic) bond motifs is 2. The van der Waals surface area contributed by atoms with Crippen LogP contribution in [-0.2, 0) is 4.79 Å². The smallest absolute Gasteiger partial charge is 0.310 e. The number of carbonyl (C=O) groups excluding carboxylic acids is 1. The molecule has 4 nitrogen and oxygen atoms in total. The summed E-state index contributed by atoms with van der Waals surface area (Å²) in [5, 5.41) is 2.13. The van der Waals surface area contributed by atoms with E-state index in [0.717, 1.165) is 32.9 Å². The Hall–Kier alpha value is -3.40. The highest BCUT2D eigenvalue weighted by molar-refractivity contribution is 5.95. The summed E-state index contributed by atoms with van der Waals surface area (Å²) < 4.78 is 5.33. The van der Waals surface area contributed by atoms with Crippen molar-refractivity contribution in [1.29, 1.82) is 0 Å². The molecule has 0 saturated heterocycles. The first-order valence-corrected chi connectivity index (χ1v) is 8.58. The van der Waals surface area contributed by atoms with Crippen LogP contribution in [0.1, 0.15) is 24.5 Å². The second kappa shape index (κ2) is 6.84. The first-order valence-electron chi connectivity index (χ1n) is 8.58. The summed E-state index contributed by atoms with van der Waals surface area (Å²) in [6.45, 7) is 1.78. The van der Waals surface area contributed by atoms with E-state index < -0.39 is 0 Å². The summed E-state index contributed by atoms with van der Waals surface area (Å²) in [7, 11) is 0. The zero-order valence-electron chi connectivity index (χ0n) is 14.4. The molecule has 4 aromatic rings. The quantitative estimate of drug-likeness (QED) is 0.409. The SMILES string of the molecule is CCC(=O)Oc1ccc2[nH]cc(/C=C/c3ccnc4ccccc34)c2c1. The van der Waals surface area contributed by atoms with E-state index in [9.17, 15) is 4.79 Å². The monoisotopic (exact) mass is 342 g/mol. The maximum absolute atomic E-state index is 11.5. The summed E-state index contributed by atoms with van der Waals surface area (Å²) in [5.41, 5.74) is 4.12. The van der Waals surface area contributed by atoms with E-state index in [-0.39, 0.29) is 5.97 Å². The standard InChI is InChI=1S/C22H18N2O2/c1-2-22(25)26-17-9-10-21-19(13-17)16(14-24-21)8-7-15-11-12-23-20-6-4-3-5-18(15)20/h3-14,24H,2H2,1H3/b8-7+. The van der Waals surface area contributed by atoms with Gasteiger partial charge < -0.3 is 9.72 Å². The van der Waals surface area contributed by atoms with E-state index in [1.807, 2.05) is 48.8 Å². The lowest BCUT2D eigenvalue weighted by atomic mass is 10.1. The van der Waals surface area contributed by atoms with Gasteiger partial charge in [0.05, 0.1) is 5.52 Å². The van der Waals surface area contributed by atoms with Gasteiger partial charge in [0.2, 0.25) is 0 Å². The molecule has 0 aliphatic carbocycles. The number of ether oxygens (including phenoxy) is 1. The molecule has 2 aromatic heterocycles. The zero-order valence-corrected chi connectivity index (χ0v) is 14.4. The fraction of sp³-hybridized carbons (Fsp3) is 0.0909. The highest BCUT2D eigenvalue weighted by Crippen LogP contribution is 2.26. The minimum absolute atomic E-state index is 0.236. The van der Waals surface area contributed by atoms with Crippen molar-refractivity contribution in [2.45, 2.75) is 13.3 Å². The molecule has 0 unspecified atom stereocenters. The molecule has 0 amide bonds. The number of carbonyl (C=O) groups is 1. The number of rotatable bonds is 4. The Kier molecular flexibility index (Phi) is 4.23. The molecular weight excluding hydrogens is 324 g/mol. The Morgan fingerprint density at radius 3 is 2.81 bits per heavy atom. The predicted octanol–water partition coefficient (Wildman–Crippen LogP) is 5.20. The average molecular weight is 342 g/mol. The van der Waals surface area contributed by atoms with E-state index >= 15 is 0 Å². The van der Waals surface area contributed by atoms with Crippen molar-refractivity contribution in [3.8, 4) is 5.75 Å². The number of para-hydroxylation sites is 1. The number of pyridine rings is 1. The number of aromatic nitrogens is 2. The number of hydrogen-bond acceptors (Lipinski definition) is 3. The number of nitrogens with zero attached hydrogens (tertiary/aromatic N) is 1. The first kappa shape index (κ1) is 16.1. The van der Waals surface area contributed by atoms with Gasteiger partial charge in [0.15, 0.2) is 0 Å². The molecule has 0 spiro atoms.